The summed E-state index contributed by atoms with van der Waals surface area (Å²) in [6.07, 6.45) is 0.761. The van der Waals surface area contributed by atoms with Gasteiger partial charge in [-0.15, -0.1) is 0 Å². The number of nitrogens with zero attached hydrogens (tertiary/aromatic N) is 1. The molecule has 3 rings (SSSR count). The van der Waals surface area contributed by atoms with E-state index in [1.54, 1.807) is 6.07 Å². The van der Waals surface area contributed by atoms with Crippen molar-refractivity contribution in [3.8, 4) is 11.5 Å². The van der Waals surface area contributed by atoms with Gasteiger partial charge in [-0.3, -0.25) is 10.1 Å². The number of ether oxygens (including phenoxy) is 2. The van der Waals surface area contributed by atoms with Gasteiger partial charge in [-0.05, 0) is 38.1 Å². The normalized spacial score (nSPS) is 15.8. The van der Waals surface area contributed by atoms with E-state index in [0.29, 0.717) is 29.7 Å². The lowest BCUT2D eigenvalue weighted by atomic mass is 10.1. The summed E-state index contributed by atoms with van der Waals surface area (Å²) >= 11 is 0. The Bertz CT molecular complexity index is 1020. The molecule has 1 aliphatic heterocycles. The van der Waals surface area contributed by atoms with Crippen LogP contribution in [0.15, 0.2) is 35.2 Å². The first-order valence-electron chi connectivity index (χ1n) is 8.60. The van der Waals surface area contributed by atoms with E-state index < -0.39 is 31.3 Å². The van der Waals surface area contributed by atoms with Gasteiger partial charge < -0.3 is 9.47 Å². The molecule has 28 heavy (non-hydrogen) atoms. The largest absolute Gasteiger partial charge is 0.494 e. The Labute approximate surface area is 161 Å². The first kappa shape index (κ1) is 20.0. The zero-order valence-corrected chi connectivity index (χ0v) is 16.1. The molecule has 0 aromatic heterocycles. The number of nitro benzene ring substituents is 1. The number of nitrogens with one attached hydrogen (secondary N) is 1. The van der Waals surface area contributed by atoms with Crippen LogP contribution >= 0.6 is 0 Å². The zero-order chi connectivity index (χ0) is 20.5. The fourth-order valence-corrected chi connectivity index (χ4v) is 3.99. The summed E-state index contributed by atoms with van der Waals surface area (Å²) in [6, 6.07) is 5.97. The van der Waals surface area contributed by atoms with E-state index in [1.165, 1.54) is 0 Å². The molecular weight excluding hydrogens is 391 g/mol. The molecule has 1 N–H and O–H groups in total. The van der Waals surface area contributed by atoms with Crippen LogP contribution in [0.1, 0.15) is 25.0 Å². The van der Waals surface area contributed by atoms with Crippen LogP contribution in [-0.4, -0.2) is 26.1 Å². The van der Waals surface area contributed by atoms with Gasteiger partial charge in [-0.25, -0.2) is 13.1 Å². The van der Waals surface area contributed by atoms with E-state index in [4.69, 9.17) is 9.47 Å². The molecule has 2 aromatic carbocycles. The molecule has 1 atom stereocenters. The van der Waals surface area contributed by atoms with Crippen LogP contribution < -0.4 is 14.2 Å². The highest BCUT2D eigenvalue weighted by Gasteiger charge is 2.24. The maximum absolute atomic E-state index is 13.5. The third kappa shape index (κ3) is 4.07. The maximum atomic E-state index is 13.5. The summed E-state index contributed by atoms with van der Waals surface area (Å²) in [7, 11) is -4.11. The molecule has 0 spiro atoms. The number of hydrogen-bond donors (Lipinski definition) is 1. The summed E-state index contributed by atoms with van der Waals surface area (Å²) < 4.78 is 52.2. The molecule has 8 nitrogen and oxygen atoms in total. The highest BCUT2D eigenvalue weighted by Crippen LogP contribution is 2.35. The zero-order valence-electron chi connectivity index (χ0n) is 15.3. The van der Waals surface area contributed by atoms with Crippen molar-refractivity contribution in [2.75, 3.05) is 6.61 Å². The van der Waals surface area contributed by atoms with Crippen molar-refractivity contribution < 1.29 is 27.2 Å². The van der Waals surface area contributed by atoms with Gasteiger partial charge in [0.1, 0.15) is 17.6 Å². The van der Waals surface area contributed by atoms with Crippen molar-refractivity contribution >= 4 is 15.7 Å². The molecule has 0 amide bonds. The van der Waals surface area contributed by atoms with Crippen LogP contribution in [0.25, 0.3) is 0 Å². The molecular formula is C18H19FN2O6S. The Morgan fingerprint density at radius 3 is 2.79 bits per heavy atom. The standard InChI is InChI=1S/C18H19FN2O6S/c1-3-26-17-7-12-6-11(2)27-18(12)8-13(17)10-20-28(24,25)14-4-5-15(19)16(9-14)21(22)23/h4-5,7-9,11,20H,3,6,10H2,1-2H3/t11-/m1/s1. The van der Waals surface area contributed by atoms with Crippen molar-refractivity contribution in [2.45, 2.75) is 37.8 Å². The van der Waals surface area contributed by atoms with Crippen molar-refractivity contribution in [3.05, 3.63) is 57.4 Å². The molecule has 0 saturated carbocycles. The number of fused-ring (bicyclic) bond motifs is 1. The van der Waals surface area contributed by atoms with E-state index in [-0.39, 0.29) is 12.6 Å². The van der Waals surface area contributed by atoms with E-state index >= 15 is 0 Å². The second-order valence-corrected chi connectivity index (χ2v) is 8.10. The van der Waals surface area contributed by atoms with E-state index in [9.17, 15) is 22.9 Å². The second kappa shape index (κ2) is 7.72. The van der Waals surface area contributed by atoms with Crippen LogP contribution in [0.2, 0.25) is 0 Å². The van der Waals surface area contributed by atoms with Gasteiger partial charge in [-0.2, -0.15) is 4.39 Å². The summed E-state index contributed by atoms with van der Waals surface area (Å²) in [5, 5.41) is 10.9. The predicted molar refractivity (Wildman–Crippen MR) is 98.5 cm³/mol. The molecule has 1 aliphatic rings. The molecule has 0 saturated heterocycles. The minimum Gasteiger partial charge on any atom is -0.494 e. The van der Waals surface area contributed by atoms with E-state index in [2.05, 4.69) is 4.72 Å². The van der Waals surface area contributed by atoms with E-state index in [0.717, 1.165) is 24.1 Å². The molecule has 0 unspecified atom stereocenters. The quantitative estimate of drug-likeness (QED) is 0.555. The van der Waals surface area contributed by atoms with Gasteiger partial charge in [0.25, 0.3) is 0 Å². The molecule has 10 heteroatoms. The average Bonchev–Trinajstić information content (AvgIpc) is 2.99. The van der Waals surface area contributed by atoms with Crippen LogP contribution in [0.5, 0.6) is 11.5 Å². The Morgan fingerprint density at radius 1 is 1.36 bits per heavy atom. The lowest BCUT2D eigenvalue weighted by Crippen LogP contribution is -2.23. The Morgan fingerprint density at radius 2 is 2.11 bits per heavy atom. The highest BCUT2D eigenvalue weighted by molar-refractivity contribution is 7.89. The van der Waals surface area contributed by atoms with Crippen molar-refractivity contribution in [2.24, 2.45) is 0 Å². The molecule has 0 fully saturated rings. The van der Waals surface area contributed by atoms with Crippen LogP contribution in [-0.2, 0) is 23.0 Å². The van der Waals surface area contributed by atoms with Crippen LogP contribution in [0.3, 0.4) is 0 Å². The summed E-state index contributed by atoms with van der Waals surface area (Å²) in [4.78, 5) is 9.48. The Balaban J connectivity index is 1.86. The number of benzene rings is 2. The predicted octanol–water partition coefficient (Wildman–Crippen LogP) is 2.93. The Kier molecular flexibility index (Phi) is 5.52. The minimum atomic E-state index is -4.11. The fraction of sp³-hybridized carbons (Fsp3) is 0.333. The lowest BCUT2D eigenvalue weighted by Gasteiger charge is -2.13. The first-order chi connectivity index (χ1) is 13.2. The molecule has 0 radical (unpaired) electrons. The van der Waals surface area contributed by atoms with Crippen molar-refractivity contribution in [1.82, 2.24) is 4.72 Å². The SMILES string of the molecule is CCOc1cc2c(cc1CNS(=O)(=O)c1ccc(F)c([N+](=O)[O-])c1)O[C@H](C)C2. The van der Waals surface area contributed by atoms with Crippen molar-refractivity contribution in [1.29, 1.82) is 0 Å². The van der Waals surface area contributed by atoms with Gasteiger partial charge in [0.2, 0.25) is 15.8 Å². The monoisotopic (exact) mass is 410 g/mol. The smallest absolute Gasteiger partial charge is 0.306 e. The summed E-state index contributed by atoms with van der Waals surface area (Å²) in [5.74, 6) is 0.0989. The average molecular weight is 410 g/mol. The third-order valence-corrected chi connectivity index (χ3v) is 5.66. The molecule has 150 valence electrons. The van der Waals surface area contributed by atoms with Crippen LogP contribution in [0, 0.1) is 15.9 Å². The number of halogens is 1. The van der Waals surface area contributed by atoms with Gasteiger partial charge in [0.05, 0.1) is 16.4 Å². The topological polar surface area (TPSA) is 108 Å². The minimum absolute atomic E-state index is 0.0242. The van der Waals surface area contributed by atoms with Gasteiger partial charge in [-0.1, -0.05) is 0 Å². The molecule has 1 heterocycles. The number of sulfonamides is 1. The van der Waals surface area contributed by atoms with Crippen molar-refractivity contribution in [3.63, 3.8) is 0 Å². The number of rotatable bonds is 7. The van der Waals surface area contributed by atoms with Gasteiger partial charge in [0, 0.05) is 30.2 Å². The summed E-state index contributed by atoms with van der Waals surface area (Å²) in [6.45, 7) is 4.04. The van der Waals surface area contributed by atoms with Gasteiger partial charge in [0.15, 0.2) is 0 Å². The fourth-order valence-electron chi connectivity index (χ4n) is 2.97. The third-order valence-electron chi connectivity index (χ3n) is 4.26. The number of nitro groups is 1. The van der Waals surface area contributed by atoms with Crippen LogP contribution in [0.4, 0.5) is 10.1 Å². The maximum Gasteiger partial charge on any atom is 0.306 e. The molecule has 0 bridgehead atoms. The molecule has 0 aliphatic carbocycles. The highest BCUT2D eigenvalue weighted by atomic mass is 32.2. The molecule has 2 aromatic rings. The van der Waals surface area contributed by atoms with Gasteiger partial charge >= 0.3 is 5.69 Å². The van der Waals surface area contributed by atoms with E-state index in [1.807, 2.05) is 19.9 Å². The summed E-state index contributed by atoms with van der Waals surface area (Å²) in [5.41, 5.74) is 0.643. The first-order valence-corrected chi connectivity index (χ1v) is 10.1. The second-order valence-electron chi connectivity index (χ2n) is 6.33. The number of hydrogen-bond acceptors (Lipinski definition) is 6. The Hall–Kier alpha value is -2.72. The lowest BCUT2D eigenvalue weighted by molar-refractivity contribution is -0.387.